The van der Waals surface area contributed by atoms with Crippen LogP contribution in [-0.4, -0.2) is 20.9 Å². The summed E-state index contributed by atoms with van der Waals surface area (Å²) in [5, 5.41) is 3.00. The van der Waals surface area contributed by atoms with Crippen molar-refractivity contribution in [3.8, 4) is 0 Å². The summed E-state index contributed by atoms with van der Waals surface area (Å²) < 4.78 is 28.0. The van der Waals surface area contributed by atoms with Crippen LogP contribution in [0.1, 0.15) is 36.1 Å². The van der Waals surface area contributed by atoms with Crippen molar-refractivity contribution in [1.82, 2.24) is 5.32 Å². The molecule has 1 N–H and O–H groups in total. The van der Waals surface area contributed by atoms with Crippen LogP contribution in [0.3, 0.4) is 0 Å². The molecule has 6 heteroatoms. The van der Waals surface area contributed by atoms with Gasteiger partial charge in [0.05, 0.1) is 16.6 Å². The Balaban J connectivity index is 1.91. The Labute approximate surface area is 184 Å². The second-order valence-corrected chi connectivity index (χ2v) is 9.41. The lowest BCUT2D eigenvalue weighted by molar-refractivity contribution is -0.120. The lowest BCUT2D eigenvalue weighted by Gasteiger charge is -2.27. The van der Waals surface area contributed by atoms with Crippen molar-refractivity contribution in [3.63, 3.8) is 0 Å². The van der Waals surface area contributed by atoms with Crippen LogP contribution in [0.25, 0.3) is 0 Å². The molecular weight excluding hydrogens is 408 g/mol. The van der Waals surface area contributed by atoms with Crippen molar-refractivity contribution in [2.45, 2.75) is 38.1 Å². The van der Waals surface area contributed by atoms with Crippen LogP contribution in [0.4, 0.5) is 5.69 Å². The molecule has 1 unspecified atom stereocenters. The van der Waals surface area contributed by atoms with Crippen molar-refractivity contribution in [3.05, 3.63) is 95.6 Å². The first kappa shape index (κ1) is 22.6. The van der Waals surface area contributed by atoms with E-state index in [2.05, 4.69) is 5.32 Å². The molecule has 3 aromatic rings. The van der Waals surface area contributed by atoms with E-state index in [9.17, 15) is 13.2 Å². The fourth-order valence-electron chi connectivity index (χ4n) is 3.45. The smallest absolute Gasteiger partial charge is 0.264 e. The molecule has 3 rings (SSSR count). The third-order valence-corrected chi connectivity index (χ3v) is 7.00. The Morgan fingerprint density at radius 1 is 0.903 bits per heavy atom. The van der Waals surface area contributed by atoms with Gasteiger partial charge in [0.2, 0.25) is 5.91 Å². The first-order valence-electron chi connectivity index (χ1n) is 10.3. The number of rotatable bonds is 8. The van der Waals surface area contributed by atoms with Crippen LogP contribution in [0.2, 0.25) is 0 Å². The van der Waals surface area contributed by atoms with Crippen LogP contribution in [-0.2, 0) is 14.8 Å². The molecule has 0 saturated heterocycles. The van der Waals surface area contributed by atoms with Gasteiger partial charge in [0.1, 0.15) is 6.54 Å². The third kappa shape index (κ3) is 5.33. The SMILES string of the molecule is CCC(NC(=O)CN(c1ccccc1C)S(=O)(=O)c1ccccc1)c1ccc(C)cc1. The number of amides is 1. The summed E-state index contributed by atoms with van der Waals surface area (Å²) in [5.74, 6) is -0.352. The molecule has 0 bridgehead atoms. The van der Waals surface area contributed by atoms with Crippen molar-refractivity contribution in [1.29, 1.82) is 0 Å². The Morgan fingerprint density at radius 2 is 1.52 bits per heavy atom. The normalized spacial score (nSPS) is 12.2. The summed E-state index contributed by atoms with van der Waals surface area (Å²) in [6.45, 7) is 5.54. The number of carbonyl (C=O) groups excluding carboxylic acids is 1. The molecule has 0 aliphatic carbocycles. The molecule has 31 heavy (non-hydrogen) atoms. The molecule has 1 amide bonds. The van der Waals surface area contributed by atoms with E-state index < -0.39 is 10.0 Å². The van der Waals surface area contributed by atoms with E-state index in [1.807, 2.05) is 57.2 Å². The van der Waals surface area contributed by atoms with Gasteiger partial charge in [-0.15, -0.1) is 0 Å². The number of aryl methyl sites for hydroxylation is 2. The Kier molecular flexibility index (Phi) is 7.13. The maximum Gasteiger partial charge on any atom is 0.264 e. The van der Waals surface area contributed by atoms with Crippen molar-refractivity contribution in [2.24, 2.45) is 0 Å². The summed E-state index contributed by atoms with van der Waals surface area (Å²) in [4.78, 5) is 13.2. The van der Waals surface area contributed by atoms with Gasteiger partial charge in [0.25, 0.3) is 10.0 Å². The summed E-state index contributed by atoms with van der Waals surface area (Å²) >= 11 is 0. The lowest BCUT2D eigenvalue weighted by Crippen LogP contribution is -2.42. The minimum Gasteiger partial charge on any atom is -0.348 e. The zero-order valence-corrected chi connectivity index (χ0v) is 18.9. The van der Waals surface area contributed by atoms with E-state index in [-0.39, 0.29) is 23.4 Å². The third-order valence-electron chi connectivity index (χ3n) is 5.23. The molecule has 5 nitrogen and oxygen atoms in total. The summed E-state index contributed by atoms with van der Waals surface area (Å²) in [6, 6.07) is 23.2. The van der Waals surface area contributed by atoms with Crippen LogP contribution in [0, 0.1) is 13.8 Å². The molecule has 0 aliphatic heterocycles. The van der Waals surface area contributed by atoms with Gasteiger partial charge in [-0.25, -0.2) is 8.42 Å². The summed E-state index contributed by atoms with van der Waals surface area (Å²) in [5.41, 5.74) is 3.41. The van der Waals surface area contributed by atoms with E-state index in [0.29, 0.717) is 12.1 Å². The number of sulfonamides is 1. The number of carbonyl (C=O) groups is 1. The van der Waals surface area contributed by atoms with E-state index in [1.54, 1.807) is 42.5 Å². The summed E-state index contributed by atoms with van der Waals surface area (Å²) in [7, 11) is -3.91. The highest BCUT2D eigenvalue weighted by Crippen LogP contribution is 2.27. The first-order valence-corrected chi connectivity index (χ1v) is 11.8. The topological polar surface area (TPSA) is 66.5 Å². The molecule has 0 spiro atoms. The molecule has 162 valence electrons. The van der Waals surface area contributed by atoms with Gasteiger partial charge >= 0.3 is 0 Å². The number of benzene rings is 3. The maximum absolute atomic E-state index is 13.4. The second-order valence-electron chi connectivity index (χ2n) is 7.55. The van der Waals surface area contributed by atoms with Gasteiger partial charge in [-0.2, -0.15) is 0 Å². The van der Waals surface area contributed by atoms with Crippen LogP contribution in [0.15, 0.2) is 83.8 Å². The van der Waals surface area contributed by atoms with E-state index in [4.69, 9.17) is 0 Å². The van der Waals surface area contributed by atoms with E-state index >= 15 is 0 Å². The van der Waals surface area contributed by atoms with Gasteiger partial charge < -0.3 is 5.32 Å². The van der Waals surface area contributed by atoms with Crippen LogP contribution >= 0.6 is 0 Å². The minimum atomic E-state index is -3.91. The lowest BCUT2D eigenvalue weighted by atomic mass is 10.0. The summed E-state index contributed by atoms with van der Waals surface area (Å²) in [6.07, 6.45) is 0.699. The molecule has 3 aromatic carbocycles. The Morgan fingerprint density at radius 3 is 2.13 bits per heavy atom. The van der Waals surface area contributed by atoms with Gasteiger partial charge in [0.15, 0.2) is 0 Å². The zero-order chi connectivity index (χ0) is 22.4. The average molecular weight is 437 g/mol. The fourth-order valence-corrected chi connectivity index (χ4v) is 4.96. The zero-order valence-electron chi connectivity index (χ0n) is 18.1. The molecular formula is C25H28N2O3S. The number of anilines is 1. The highest BCUT2D eigenvalue weighted by Gasteiger charge is 2.28. The number of para-hydroxylation sites is 1. The molecule has 0 heterocycles. The Hall–Kier alpha value is -3.12. The van der Waals surface area contributed by atoms with Crippen LogP contribution in [0.5, 0.6) is 0 Å². The van der Waals surface area contributed by atoms with Gasteiger partial charge in [-0.1, -0.05) is 73.2 Å². The van der Waals surface area contributed by atoms with E-state index in [1.165, 1.54) is 4.31 Å². The van der Waals surface area contributed by atoms with Gasteiger partial charge in [-0.05, 0) is 49.6 Å². The molecule has 0 fully saturated rings. The highest BCUT2D eigenvalue weighted by molar-refractivity contribution is 7.92. The monoisotopic (exact) mass is 436 g/mol. The molecule has 0 saturated carbocycles. The average Bonchev–Trinajstić information content (AvgIpc) is 2.77. The van der Waals surface area contributed by atoms with E-state index in [0.717, 1.165) is 16.7 Å². The largest absolute Gasteiger partial charge is 0.348 e. The number of hydrogen-bond acceptors (Lipinski definition) is 3. The van der Waals surface area contributed by atoms with Crippen molar-refractivity contribution in [2.75, 3.05) is 10.8 Å². The minimum absolute atomic E-state index is 0.150. The van der Waals surface area contributed by atoms with Crippen LogP contribution < -0.4 is 9.62 Å². The predicted octanol–water partition coefficient (Wildman–Crippen LogP) is 4.77. The van der Waals surface area contributed by atoms with Crippen molar-refractivity contribution >= 4 is 21.6 Å². The number of nitrogens with one attached hydrogen (secondary N) is 1. The molecule has 0 radical (unpaired) electrons. The van der Waals surface area contributed by atoms with Crippen molar-refractivity contribution < 1.29 is 13.2 Å². The highest BCUT2D eigenvalue weighted by atomic mass is 32.2. The number of hydrogen-bond donors (Lipinski definition) is 1. The second kappa shape index (κ2) is 9.79. The standard InChI is InChI=1S/C25H28N2O3S/c1-4-23(21-16-14-19(2)15-17-21)26-25(28)18-27(24-13-9-8-10-20(24)3)31(29,30)22-11-6-5-7-12-22/h5-17,23H,4,18H2,1-3H3,(H,26,28). The fraction of sp³-hybridized carbons (Fsp3) is 0.240. The Bertz CT molecular complexity index is 1130. The molecule has 0 aromatic heterocycles. The first-order chi connectivity index (χ1) is 14.8. The maximum atomic E-state index is 13.4. The predicted molar refractivity (Wildman–Crippen MR) is 125 cm³/mol. The molecule has 1 atom stereocenters. The molecule has 0 aliphatic rings. The quantitative estimate of drug-likeness (QED) is 0.553. The van der Waals surface area contributed by atoms with Gasteiger partial charge in [-0.3, -0.25) is 9.10 Å². The number of nitrogens with zero attached hydrogens (tertiary/aromatic N) is 1. The van der Waals surface area contributed by atoms with Gasteiger partial charge in [0, 0.05) is 0 Å².